The van der Waals surface area contributed by atoms with E-state index in [1.54, 1.807) is 17.5 Å². The van der Waals surface area contributed by atoms with E-state index >= 15 is 0 Å². The van der Waals surface area contributed by atoms with Crippen LogP contribution in [0.2, 0.25) is 0 Å². The summed E-state index contributed by atoms with van der Waals surface area (Å²) in [6.07, 6.45) is 2.58. The van der Waals surface area contributed by atoms with Crippen LogP contribution in [0.4, 0.5) is 0 Å². The largest absolute Gasteiger partial charge is 0.486 e. The van der Waals surface area contributed by atoms with Gasteiger partial charge >= 0.3 is 0 Å². The second kappa shape index (κ2) is 7.68. The maximum Gasteiger partial charge on any atom is 0.253 e. The van der Waals surface area contributed by atoms with E-state index in [0.717, 1.165) is 34.2 Å². The van der Waals surface area contributed by atoms with Crippen LogP contribution in [0.5, 0.6) is 5.75 Å². The summed E-state index contributed by atoms with van der Waals surface area (Å²) < 4.78 is 6.22. The molecule has 0 saturated carbocycles. The van der Waals surface area contributed by atoms with Crippen molar-refractivity contribution < 1.29 is 9.53 Å². The van der Waals surface area contributed by atoms with Crippen LogP contribution in [-0.2, 0) is 0 Å². The van der Waals surface area contributed by atoms with Gasteiger partial charge in [0.1, 0.15) is 17.4 Å². The van der Waals surface area contributed by atoms with Crippen molar-refractivity contribution in [1.82, 2.24) is 9.88 Å². The summed E-state index contributed by atoms with van der Waals surface area (Å²) in [5.41, 5.74) is 3.90. The van der Waals surface area contributed by atoms with Gasteiger partial charge in [0.2, 0.25) is 0 Å². The lowest BCUT2D eigenvalue weighted by Crippen LogP contribution is -2.30. The molecule has 0 N–H and O–H groups in total. The Balaban J connectivity index is 1.27. The highest BCUT2D eigenvalue weighted by molar-refractivity contribution is 7.08. The Kier molecular flexibility index (Phi) is 4.74. The van der Waals surface area contributed by atoms with E-state index in [9.17, 15) is 4.79 Å². The zero-order chi connectivity index (χ0) is 19.6. The molecule has 5 heteroatoms. The van der Waals surface area contributed by atoms with Gasteiger partial charge in [0.05, 0.1) is 6.54 Å². The van der Waals surface area contributed by atoms with Crippen LogP contribution >= 0.6 is 11.3 Å². The van der Waals surface area contributed by atoms with E-state index in [2.05, 4.69) is 21.8 Å². The first-order chi connectivity index (χ1) is 14.3. The first-order valence-electron chi connectivity index (χ1n) is 9.70. The molecule has 0 bridgehead atoms. The van der Waals surface area contributed by atoms with Crippen LogP contribution in [0.3, 0.4) is 0 Å². The summed E-state index contributed by atoms with van der Waals surface area (Å²) in [4.78, 5) is 19.2. The van der Waals surface area contributed by atoms with Gasteiger partial charge in [0.15, 0.2) is 0 Å². The van der Waals surface area contributed by atoms with Crippen LogP contribution in [-0.4, -0.2) is 35.0 Å². The Labute approximate surface area is 173 Å². The Morgan fingerprint density at radius 2 is 1.90 bits per heavy atom. The number of fused-ring (bicyclic) bond motifs is 1. The second-order valence-electron chi connectivity index (χ2n) is 7.20. The number of nitrogens with zero attached hydrogens (tertiary/aromatic N) is 2. The fourth-order valence-corrected chi connectivity index (χ4v) is 4.44. The first kappa shape index (κ1) is 17.9. The minimum absolute atomic E-state index is 0.0170. The Morgan fingerprint density at radius 3 is 2.72 bits per heavy atom. The van der Waals surface area contributed by atoms with Crippen LogP contribution in [0.25, 0.3) is 22.0 Å². The van der Waals surface area contributed by atoms with E-state index < -0.39 is 0 Å². The maximum absolute atomic E-state index is 12.9. The van der Waals surface area contributed by atoms with Crippen LogP contribution in [0.15, 0.2) is 77.6 Å². The monoisotopic (exact) mass is 400 g/mol. The molecule has 1 atom stereocenters. The molecule has 1 unspecified atom stereocenters. The van der Waals surface area contributed by atoms with Gasteiger partial charge in [-0.3, -0.25) is 9.78 Å². The zero-order valence-corrected chi connectivity index (χ0v) is 16.6. The summed E-state index contributed by atoms with van der Waals surface area (Å²) in [6, 6.07) is 19.9. The molecule has 4 nitrogen and oxygen atoms in total. The van der Waals surface area contributed by atoms with Crippen molar-refractivity contribution in [2.45, 2.75) is 12.5 Å². The minimum Gasteiger partial charge on any atom is -0.486 e. The third kappa shape index (κ3) is 3.61. The smallest absolute Gasteiger partial charge is 0.253 e. The average Bonchev–Trinajstić information content (AvgIpc) is 3.46. The number of carbonyl (C=O) groups is 1. The lowest BCUT2D eigenvalue weighted by Gasteiger charge is -2.18. The van der Waals surface area contributed by atoms with E-state index in [4.69, 9.17) is 4.74 Å². The number of carbonyl (C=O) groups excluding carboxylic acids is 1. The topological polar surface area (TPSA) is 42.4 Å². The van der Waals surface area contributed by atoms with E-state index in [1.165, 1.54) is 5.56 Å². The summed E-state index contributed by atoms with van der Waals surface area (Å²) in [5.74, 6) is 0.839. The summed E-state index contributed by atoms with van der Waals surface area (Å²) >= 11 is 1.67. The maximum atomic E-state index is 12.9. The molecule has 1 aliphatic heterocycles. The molecule has 2 aromatic heterocycles. The Bertz CT molecular complexity index is 1130. The van der Waals surface area contributed by atoms with Gasteiger partial charge in [-0.25, -0.2) is 0 Å². The fourth-order valence-electron chi connectivity index (χ4n) is 3.78. The number of hydrogen-bond acceptors (Lipinski definition) is 4. The molecule has 0 spiro atoms. The van der Waals surface area contributed by atoms with E-state index in [0.29, 0.717) is 13.1 Å². The highest BCUT2D eigenvalue weighted by atomic mass is 32.1. The van der Waals surface area contributed by atoms with Gasteiger partial charge in [0.25, 0.3) is 5.91 Å². The standard InChI is InChI=1S/C24H20N2O2S/c27-24(19-8-6-17(7-9-19)20-11-14-29-16-20)26-13-10-21(15-26)28-22-5-1-3-18-4-2-12-25-23(18)22/h1-9,11-12,14,16,21H,10,13,15H2. The van der Waals surface area contributed by atoms with Crippen LogP contribution in [0, 0.1) is 0 Å². The second-order valence-corrected chi connectivity index (χ2v) is 7.98. The van der Waals surface area contributed by atoms with Gasteiger partial charge in [-0.2, -0.15) is 11.3 Å². The predicted octanol–water partition coefficient (Wildman–Crippen LogP) is 5.26. The molecule has 2 aromatic carbocycles. The number of aromatic nitrogens is 1. The highest BCUT2D eigenvalue weighted by Gasteiger charge is 2.28. The van der Waals surface area contributed by atoms with Crippen molar-refractivity contribution in [3.8, 4) is 16.9 Å². The number of hydrogen-bond donors (Lipinski definition) is 0. The quantitative estimate of drug-likeness (QED) is 0.469. The molecular formula is C24H20N2O2S. The van der Waals surface area contributed by atoms with Crippen molar-refractivity contribution in [3.63, 3.8) is 0 Å². The van der Waals surface area contributed by atoms with Crippen molar-refractivity contribution >= 4 is 28.1 Å². The Hall–Kier alpha value is -3.18. The lowest BCUT2D eigenvalue weighted by atomic mass is 10.1. The number of para-hydroxylation sites is 1. The van der Waals surface area contributed by atoms with Gasteiger partial charge < -0.3 is 9.64 Å². The molecule has 1 fully saturated rings. The minimum atomic E-state index is -0.0170. The molecular weight excluding hydrogens is 380 g/mol. The first-order valence-corrected chi connectivity index (χ1v) is 10.6. The highest BCUT2D eigenvalue weighted by Crippen LogP contribution is 2.27. The third-order valence-electron chi connectivity index (χ3n) is 5.31. The number of likely N-dealkylation sites (tertiary alicyclic amines) is 1. The molecule has 0 aliphatic carbocycles. The van der Waals surface area contributed by atoms with Crippen molar-refractivity contribution in [2.75, 3.05) is 13.1 Å². The summed E-state index contributed by atoms with van der Waals surface area (Å²) in [5, 5.41) is 5.23. The van der Waals surface area contributed by atoms with E-state index in [1.807, 2.05) is 59.5 Å². The number of rotatable bonds is 4. The molecule has 1 aliphatic rings. The zero-order valence-electron chi connectivity index (χ0n) is 15.8. The molecule has 5 rings (SSSR count). The van der Waals surface area contributed by atoms with E-state index in [-0.39, 0.29) is 12.0 Å². The third-order valence-corrected chi connectivity index (χ3v) is 5.99. The molecule has 3 heterocycles. The molecule has 29 heavy (non-hydrogen) atoms. The normalized spacial score (nSPS) is 16.3. The van der Waals surface area contributed by atoms with Crippen LogP contribution in [0.1, 0.15) is 16.8 Å². The number of ether oxygens (including phenoxy) is 1. The van der Waals surface area contributed by atoms with Gasteiger partial charge in [-0.05, 0) is 52.2 Å². The van der Waals surface area contributed by atoms with Crippen LogP contribution < -0.4 is 4.74 Å². The average molecular weight is 401 g/mol. The number of benzene rings is 2. The fraction of sp³-hybridized carbons (Fsp3) is 0.167. The molecule has 4 aromatic rings. The number of pyridine rings is 1. The van der Waals surface area contributed by atoms with Gasteiger partial charge in [0, 0.05) is 30.1 Å². The SMILES string of the molecule is O=C(c1ccc(-c2ccsc2)cc1)N1CCC(Oc2cccc3cccnc23)C1. The Morgan fingerprint density at radius 1 is 1.03 bits per heavy atom. The number of thiophene rings is 1. The van der Waals surface area contributed by atoms with Gasteiger partial charge in [-0.1, -0.05) is 30.3 Å². The summed E-state index contributed by atoms with van der Waals surface area (Å²) in [6.45, 7) is 1.29. The molecule has 144 valence electrons. The lowest BCUT2D eigenvalue weighted by molar-refractivity contribution is 0.0773. The van der Waals surface area contributed by atoms with Crippen molar-refractivity contribution in [3.05, 3.63) is 83.2 Å². The molecule has 1 amide bonds. The molecule has 1 saturated heterocycles. The van der Waals surface area contributed by atoms with Gasteiger partial charge in [-0.15, -0.1) is 0 Å². The molecule has 0 radical (unpaired) electrons. The van der Waals surface area contributed by atoms with Crippen molar-refractivity contribution in [2.24, 2.45) is 0 Å². The summed E-state index contributed by atoms with van der Waals surface area (Å²) in [7, 11) is 0. The predicted molar refractivity (Wildman–Crippen MR) is 116 cm³/mol. The van der Waals surface area contributed by atoms with Crippen molar-refractivity contribution in [1.29, 1.82) is 0 Å². The number of amides is 1.